The summed E-state index contributed by atoms with van der Waals surface area (Å²) in [4.78, 5) is 6.56. The highest BCUT2D eigenvalue weighted by Crippen LogP contribution is 2.39. The number of alkyl halides is 3. The van der Waals surface area contributed by atoms with Gasteiger partial charge in [0.05, 0.1) is 17.3 Å². The van der Waals surface area contributed by atoms with Gasteiger partial charge in [-0.1, -0.05) is 41.9 Å². The number of nitrogens with one attached hydrogen (secondary N) is 1. The summed E-state index contributed by atoms with van der Waals surface area (Å²) in [5.41, 5.74) is -1.39. The van der Waals surface area contributed by atoms with E-state index in [9.17, 15) is 27.1 Å². The molecule has 1 fully saturated rings. The van der Waals surface area contributed by atoms with E-state index < -0.39 is 34.8 Å². The van der Waals surface area contributed by atoms with E-state index in [1.54, 1.807) is 6.07 Å². The molecule has 1 aliphatic rings. The molecule has 12 heteroatoms. The van der Waals surface area contributed by atoms with Crippen molar-refractivity contribution in [2.24, 2.45) is 0 Å². The smallest absolute Gasteiger partial charge is 0.419 e. The van der Waals surface area contributed by atoms with Gasteiger partial charge in [0.25, 0.3) is 0 Å². The highest BCUT2D eigenvalue weighted by atomic mass is 35.5. The third kappa shape index (κ3) is 4.33. The number of halogens is 6. The quantitative estimate of drug-likeness (QED) is 0.365. The minimum absolute atomic E-state index is 0.0701. The molecular formula is C24H19ClF5N5O. The molecule has 0 spiro atoms. The molecule has 2 N–H and O–H groups in total. The van der Waals surface area contributed by atoms with Crippen molar-refractivity contribution in [2.75, 3.05) is 24.5 Å². The van der Waals surface area contributed by atoms with Crippen LogP contribution in [0.4, 0.5) is 27.8 Å². The highest BCUT2D eigenvalue weighted by molar-refractivity contribution is 6.34. The highest BCUT2D eigenvalue weighted by Gasteiger charge is 2.38. The summed E-state index contributed by atoms with van der Waals surface area (Å²) >= 11 is 6.29. The van der Waals surface area contributed by atoms with Crippen molar-refractivity contribution in [2.45, 2.75) is 18.6 Å². The molecule has 6 nitrogen and oxygen atoms in total. The average Bonchev–Trinajstić information content (AvgIpc) is 3.18. The van der Waals surface area contributed by atoms with Crippen LogP contribution in [-0.4, -0.2) is 45.5 Å². The van der Waals surface area contributed by atoms with Gasteiger partial charge in [-0.25, -0.2) is 18.4 Å². The average molecular weight is 524 g/mol. The fraction of sp³-hybridized carbons (Fsp3) is 0.250. The Balaban J connectivity index is 1.56. The Morgan fingerprint density at radius 3 is 2.58 bits per heavy atom. The molecular weight excluding hydrogens is 505 g/mol. The van der Waals surface area contributed by atoms with E-state index >= 15 is 0 Å². The zero-order chi connectivity index (χ0) is 25.6. The van der Waals surface area contributed by atoms with E-state index in [0.29, 0.717) is 24.3 Å². The van der Waals surface area contributed by atoms with Crippen molar-refractivity contribution in [3.63, 3.8) is 0 Å². The molecule has 4 aromatic rings. The lowest BCUT2D eigenvalue weighted by atomic mass is 10.0. The van der Waals surface area contributed by atoms with Gasteiger partial charge in [0.15, 0.2) is 22.5 Å². The summed E-state index contributed by atoms with van der Waals surface area (Å²) in [5.74, 6) is -4.89. The van der Waals surface area contributed by atoms with Gasteiger partial charge in [-0.15, -0.1) is 0 Å². The van der Waals surface area contributed by atoms with Gasteiger partial charge in [-0.05, 0) is 24.1 Å². The Labute approximate surface area is 206 Å². The van der Waals surface area contributed by atoms with Gasteiger partial charge in [0.2, 0.25) is 0 Å². The molecule has 1 atom stereocenters. The van der Waals surface area contributed by atoms with Crippen LogP contribution in [0.25, 0.3) is 16.6 Å². The van der Waals surface area contributed by atoms with Gasteiger partial charge < -0.3 is 15.3 Å². The summed E-state index contributed by atoms with van der Waals surface area (Å²) in [6.45, 7) is 2.08. The summed E-state index contributed by atoms with van der Waals surface area (Å²) < 4.78 is 69.2. The van der Waals surface area contributed by atoms with Crippen molar-refractivity contribution in [1.82, 2.24) is 20.1 Å². The lowest BCUT2D eigenvalue weighted by Gasteiger charge is -2.37. The van der Waals surface area contributed by atoms with Crippen LogP contribution in [0, 0.1) is 11.6 Å². The third-order valence-electron chi connectivity index (χ3n) is 6.16. The molecule has 1 aliphatic heterocycles. The number of pyridine rings is 1. The summed E-state index contributed by atoms with van der Waals surface area (Å²) in [6.07, 6.45) is -3.10. The second kappa shape index (κ2) is 9.21. The van der Waals surface area contributed by atoms with E-state index in [2.05, 4.69) is 20.3 Å². The van der Waals surface area contributed by atoms with Crippen molar-refractivity contribution in [3.8, 4) is 11.4 Å². The summed E-state index contributed by atoms with van der Waals surface area (Å²) in [6, 6.07) is 11.9. The number of piperazine rings is 1. The number of nitrogens with zero attached hydrogens (tertiary/aromatic N) is 4. The number of aromatic hydroxyl groups is 1. The third-order valence-corrected chi connectivity index (χ3v) is 6.44. The second-order valence-electron chi connectivity index (χ2n) is 8.42. The first-order valence-corrected chi connectivity index (χ1v) is 11.4. The number of fused-ring (bicyclic) bond motifs is 1. The molecule has 0 unspecified atom stereocenters. The molecule has 36 heavy (non-hydrogen) atoms. The lowest BCUT2D eigenvalue weighted by Crippen LogP contribution is -2.52. The predicted molar refractivity (Wildman–Crippen MR) is 125 cm³/mol. The predicted octanol–water partition coefficient (Wildman–Crippen LogP) is 5.10. The SMILES string of the molecule is Oc1c(F)c(-n2nc(Cl)c3cc(N4CCNC[C@H]4Cc4ccccc4)ncc32)cc(C(F)(F)F)c1F. The van der Waals surface area contributed by atoms with Crippen molar-refractivity contribution < 1.29 is 27.1 Å². The normalized spacial score (nSPS) is 16.6. The minimum Gasteiger partial charge on any atom is -0.503 e. The Kier molecular flexibility index (Phi) is 6.21. The number of phenols is 1. The molecule has 3 heterocycles. The van der Waals surface area contributed by atoms with Crippen LogP contribution in [0.5, 0.6) is 5.75 Å². The number of phenolic OH excluding ortho intramolecular Hbond substituents is 1. The fourth-order valence-electron chi connectivity index (χ4n) is 4.41. The van der Waals surface area contributed by atoms with Crippen LogP contribution < -0.4 is 10.2 Å². The topological polar surface area (TPSA) is 66.2 Å². The van der Waals surface area contributed by atoms with Gasteiger partial charge in [0.1, 0.15) is 11.5 Å². The maximum Gasteiger partial charge on any atom is 0.419 e. The maximum atomic E-state index is 14.7. The van der Waals surface area contributed by atoms with Crippen molar-refractivity contribution in [1.29, 1.82) is 0 Å². The molecule has 0 aliphatic carbocycles. The lowest BCUT2D eigenvalue weighted by molar-refractivity contribution is -0.140. The zero-order valence-corrected chi connectivity index (χ0v) is 19.3. The summed E-state index contributed by atoms with van der Waals surface area (Å²) in [5, 5.41) is 17.2. The molecule has 188 valence electrons. The van der Waals surface area contributed by atoms with E-state index in [4.69, 9.17) is 11.6 Å². The molecule has 0 saturated carbocycles. The van der Waals surface area contributed by atoms with Crippen LogP contribution >= 0.6 is 11.6 Å². The Bertz CT molecular complexity index is 1430. The van der Waals surface area contributed by atoms with Crippen LogP contribution in [-0.2, 0) is 12.6 Å². The molecule has 0 bridgehead atoms. The van der Waals surface area contributed by atoms with Crippen LogP contribution in [0.2, 0.25) is 5.15 Å². The first kappa shape index (κ1) is 24.3. The first-order valence-electron chi connectivity index (χ1n) is 11.0. The van der Waals surface area contributed by atoms with E-state index in [1.807, 2.05) is 30.3 Å². The fourth-order valence-corrected chi connectivity index (χ4v) is 4.63. The molecule has 2 aromatic heterocycles. The monoisotopic (exact) mass is 523 g/mol. The number of anilines is 1. The van der Waals surface area contributed by atoms with E-state index in [0.717, 1.165) is 23.2 Å². The van der Waals surface area contributed by atoms with E-state index in [1.165, 1.54) is 6.20 Å². The number of aromatic nitrogens is 3. The number of rotatable bonds is 4. The first-order chi connectivity index (χ1) is 17.1. The molecule has 1 saturated heterocycles. The Hall–Kier alpha value is -3.44. The molecule has 5 rings (SSSR count). The maximum absolute atomic E-state index is 14.7. The number of benzene rings is 2. The number of hydrogen-bond acceptors (Lipinski definition) is 5. The minimum atomic E-state index is -5.17. The summed E-state index contributed by atoms with van der Waals surface area (Å²) in [7, 11) is 0. The van der Waals surface area contributed by atoms with Crippen LogP contribution in [0.3, 0.4) is 0 Å². The van der Waals surface area contributed by atoms with Gasteiger partial charge in [-0.3, -0.25) is 0 Å². The number of hydrogen-bond donors (Lipinski definition) is 2. The van der Waals surface area contributed by atoms with Gasteiger partial charge in [0, 0.05) is 31.1 Å². The molecule has 0 radical (unpaired) electrons. The zero-order valence-electron chi connectivity index (χ0n) is 18.5. The standard InChI is InChI=1S/C24H19ClF5N5O/c25-23-15-9-19(34-7-6-31-11-14(34)8-13-4-2-1-3-5-13)32-12-18(15)35(33-23)17-10-16(24(28,29)30)20(26)22(36)21(17)27/h1-5,9-10,12,14,31,36H,6-8,11H2/t14-/m1/s1. The Morgan fingerprint density at radius 2 is 1.86 bits per heavy atom. The van der Waals surface area contributed by atoms with E-state index in [-0.39, 0.29) is 22.8 Å². The van der Waals surface area contributed by atoms with Crippen molar-refractivity contribution >= 4 is 28.3 Å². The van der Waals surface area contributed by atoms with Crippen LogP contribution in [0.1, 0.15) is 11.1 Å². The van der Waals surface area contributed by atoms with Crippen molar-refractivity contribution in [3.05, 3.63) is 76.6 Å². The largest absolute Gasteiger partial charge is 0.503 e. The second-order valence-corrected chi connectivity index (χ2v) is 8.78. The Morgan fingerprint density at radius 1 is 1.11 bits per heavy atom. The van der Waals surface area contributed by atoms with Gasteiger partial charge in [-0.2, -0.15) is 18.3 Å². The molecule has 0 amide bonds. The molecule has 2 aromatic carbocycles. The van der Waals surface area contributed by atoms with Gasteiger partial charge >= 0.3 is 6.18 Å². The van der Waals surface area contributed by atoms with Crippen LogP contribution in [0.15, 0.2) is 48.7 Å².